The van der Waals surface area contributed by atoms with E-state index >= 15 is 0 Å². The lowest BCUT2D eigenvalue weighted by atomic mass is 9.96. The van der Waals surface area contributed by atoms with Crippen molar-refractivity contribution in [3.8, 4) is 0 Å². The number of nitrogens with two attached hydrogens (primary N) is 1. The first-order chi connectivity index (χ1) is 8.84. The molecular formula is C14H16FN3S. The molecule has 0 spiro atoms. The Balaban J connectivity index is 2.33. The number of halogens is 1. The maximum Gasteiger partial charge on any atom is 0.137 e. The summed E-state index contributed by atoms with van der Waals surface area (Å²) in [6.07, 6.45) is 0. The number of rotatable bonds is 2. The van der Waals surface area contributed by atoms with Crippen LogP contribution >= 0.6 is 11.8 Å². The minimum atomic E-state index is -0.261. The smallest absolute Gasteiger partial charge is 0.137 e. The number of hydrogen-bond acceptors (Lipinski definition) is 4. The van der Waals surface area contributed by atoms with Gasteiger partial charge in [0.1, 0.15) is 22.5 Å². The van der Waals surface area contributed by atoms with Gasteiger partial charge in [-0.2, -0.15) is 0 Å². The zero-order valence-corrected chi connectivity index (χ0v) is 12.0. The monoisotopic (exact) mass is 277 g/mol. The van der Waals surface area contributed by atoms with Gasteiger partial charge in [-0.3, -0.25) is 0 Å². The highest BCUT2D eigenvalue weighted by molar-refractivity contribution is 7.99. The molecule has 1 aromatic heterocycles. The van der Waals surface area contributed by atoms with Crippen molar-refractivity contribution in [2.45, 2.75) is 36.1 Å². The molecular weight excluding hydrogens is 261 g/mol. The van der Waals surface area contributed by atoms with Gasteiger partial charge >= 0.3 is 0 Å². The van der Waals surface area contributed by atoms with Crippen LogP contribution in [0.2, 0.25) is 0 Å². The van der Waals surface area contributed by atoms with Gasteiger partial charge in [0.05, 0.1) is 0 Å². The Morgan fingerprint density at radius 1 is 1.16 bits per heavy atom. The van der Waals surface area contributed by atoms with Crippen molar-refractivity contribution < 1.29 is 4.39 Å². The molecule has 100 valence electrons. The summed E-state index contributed by atoms with van der Waals surface area (Å²) in [6.45, 7) is 6.08. The van der Waals surface area contributed by atoms with Crippen molar-refractivity contribution >= 4 is 17.6 Å². The molecule has 0 aliphatic heterocycles. The minimum absolute atomic E-state index is 0.174. The molecule has 1 heterocycles. The van der Waals surface area contributed by atoms with E-state index in [1.807, 2.05) is 26.8 Å². The van der Waals surface area contributed by atoms with Gasteiger partial charge in [-0.25, -0.2) is 14.4 Å². The van der Waals surface area contributed by atoms with E-state index in [2.05, 4.69) is 9.97 Å². The third-order valence-corrected chi connectivity index (χ3v) is 3.32. The van der Waals surface area contributed by atoms with E-state index < -0.39 is 0 Å². The fraction of sp³-hybridized carbons (Fsp3) is 0.286. The summed E-state index contributed by atoms with van der Waals surface area (Å²) in [5.74, 6) is 0.855. The highest BCUT2D eigenvalue weighted by Gasteiger charge is 2.18. The number of aromatic nitrogens is 2. The van der Waals surface area contributed by atoms with Crippen molar-refractivity contribution in [2.24, 2.45) is 0 Å². The van der Waals surface area contributed by atoms with Crippen molar-refractivity contribution in [3.05, 3.63) is 42.0 Å². The number of hydrogen-bond donors (Lipinski definition) is 1. The molecule has 0 bridgehead atoms. The standard InChI is InChI=1S/C14H16FN3S/c1-14(2,3)13-17-11(16)8-12(18-13)19-10-6-4-5-9(15)7-10/h4-8H,1-3H3,(H2,16,17,18). The lowest BCUT2D eigenvalue weighted by Gasteiger charge is -2.17. The van der Waals surface area contributed by atoms with Crippen molar-refractivity contribution in [3.63, 3.8) is 0 Å². The van der Waals surface area contributed by atoms with E-state index in [0.29, 0.717) is 11.6 Å². The van der Waals surface area contributed by atoms with Crippen LogP contribution in [0.25, 0.3) is 0 Å². The molecule has 0 amide bonds. The second kappa shape index (κ2) is 5.17. The van der Waals surface area contributed by atoms with Gasteiger partial charge in [-0.15, -0.1) is 0 Å². The largest absolute Gasteiger partial charge is 0.384 e. The van der Waals surface area contributed by atoms with Gasteiger partial charge < -0.3 is 5.73 Å². The van der Waals surface area contributed by atoms with Crippen LogP contribution in [0.3, 0.4) is 0 Å². The van der Waals surface area contributed by atoms with Gasteiger partial charge in [0, 0.05) is 16.4 Å². The predicted octanol–water partition coefficient (Wildman–Crippen LogP) is 3.65. The summed E-state index contributed by atoms with van der Waals surface area (Å²) in [5.41, 5.74) is 5.63. The quantitative estimate of drug-likeness (QED) is 0.851. The Hall–Kier alpha value is -1.62. The van der Waals surface area contributed by atoms with E-state index in [0.717, 1.165) is 9.92 Å². The third-order valence-electron chi connectivity index (χ3n) is 2.41. The first-order valence-electron chi connectivity index (χ1n) is 5.93. The second-order valence-corrected chi connectivity index (χ2v) is 6.36. The lowest BCUT2D eigenvalue weighted by Crippen LogP contribution is -2.17. The lowest BCUT2D eigenvalue weighted by molar-refractivity contribution is 0.540. The summed E-state index contributed by atoms with van der Waals surface area (Å²) >= 11 is 1.38. The zero-order valence-electron chi connectivity index (χ0n) is 11.1. The average molecular weight is 277 g/mol. The summed E-state index contributed by atoms with van der Waals surface area (Å²) in [5, 5.41) is 0.725. The molecule has 0 saturated heterocycles. The Bertz CT molecular complexity index is 593. The molecule has 0 atom stereocenters. The Kier molecular flexibility index (Phi) is 3.75. The number of benzene rings is 1. The van der Waals surface area contributed by atoms with Crippen LogP contribution in [0.15, 0.2) is 40.3 Å². The van der Waals surface area contributed by atoms with Gasteiger partial charge in [0.25, 0.3) is 0 Å². The van der Waals surface area contributed by atoms with Crippen molar-refractivity contribution in [1.82, 2.24) is 9.97 Å². The van der Waals surface area contributed by atoms with Crippen LogP contribution in [-0.4, -0.2) is 9.97 Å². The van der Waals surface area contributed by atoms with Gasteiger partial charge in [-0.1, -0.05) is 38.6 Å². The van der Waals surface area contributed by atoms with Gasteiger partial charge in [-0.05, 0) is 18.2 Å². The predicted molar refractivity (Wildman–Crippen MR) is 75.7 cm³/mol. The Morgan fingerprint density at radius 3 is 2.53 bits per heavy atom. The Labute approximate surface area is 116 Å². The van der Waals surface area contributed by atoms with E-state index in [-0.39, 0.29) is 11.2 Å². The molecule has 0 radical (unpaired) electrons. The first kappa shape index (κ1) is 13.8. The average Bonchev–Trinajstić information content (AvgIpc) is 2.26. The molecule has 0 aliphatic carbocycles. The normalized spacial score (nSPS) is 11.6. The highest BCUT2D eigenvalue weighted by atomic mass is 32.2. The van der Waals surface area contributed by atoms with Crippen LogP contribution in [-0.2, 0) is 5.41 Å². The third kappa shape index (κ3) is 3.67. The number of nitrogens with zero attached hydrogens (tertiary/aromatic N) is 2. The van der Waals surface area contributed by atoms with E-state index in [9.17, 15) is 4.39 Å². The van der Waals surface area contributed by atoms with Crippen molar-refractivity contribution in [1.29, 1.82) is 0 Å². The first-order valence-corrected chi connectivity index (χ1v) is 6.75. The van der Waals surface area contributed by atoms with Crippen LogP contribution in [0.4, 0.5) is 10.2 Å². The molecule has 1 aromatic carbocycles. The van der Waals surface area contributed by atoms with Crippen molar-refractivity contribution in [2.75, 3.05) is 5.73 Å². The molecule has 19 heavy (non-hydrogen) atoms. The summed E-state index contributed by atoms with van der Waals surface area (Å²) in [6, 6.07) is 8.10. The molecule has 0 aliphatic rings. The summed E-state index contributed by atoms with van der Waals surface area (Å²) < 4.78 is 13.1. The van der Waals surface area contributed by atoms with Gasteiger partial charge in [0.2, 0.25) is 0 Å². The molecule has 0 saturated carbocycles. The molecule has 3 nitrogen and oxygen atoms in total. The van der Waals surface area contributed by atoms with Gasteiger partial charge in [0.15, 0.2) is 0 Å². The zero-order chi connectivity index (χ0) is 14.0. The SMILES string of the molecule is CC(C)(C)c1nc(N)cc(Sc2cccc(F)c2)n1. The molecule has 2 N–H and O–H groups in total. The molecule has 2 aromatic rings. The number of nitrogen functional groups attached to an aromatic ring is 1. The summed E-state index contributed by atoms with van der Waals surface area (Å²) in [4.78, 5) is 9.51. The number of anilines is 1. The van der Waals surface area contributed by atoms with Crippen LogP contribution < -0.4 is 5.73 Å². The maximum atomic E-state index is 13.1. The van der Waals surface area contributed by atoms with Crippen LogP contribution in [0, 0.1) is 5.82 Å². The topological polar surface area (TPSA) is 51.8 Å². The fourth-order valence-electron chi connectivity index (χ4n) is 1.48. The summed E-state index contributed by atoms with van der Waals surface area (Å²) in [7, 11) is 0. The minimum Gasteiger partial charge on any atom is -0.384 e. The highest BCUT2D eigenvalue weighted by Crippen LogP contribution is 2.29. The van der Waals surface area contributed by atoms with Crippen LogP contribution in [0.5, 0.6) is 0 Å². The second-order valence-electron chi connectivity index (χ2n) is 5.26. The Morgan fingerprint density at radius 2 is 1.89 bits per heavy atom. The van der Waals surface area contributed by atoms with E-state index in [1.54, 1.807) is 12.1 Å². The molecule has 2 rings (SSSR count). The maximum absolute atomic E-state index is 13.1. The van der Waals surface area contributed by atoms with E-state index in [1.165, 1.54) is 23.9 Å². The van der Waals surface area contributed by atoms with Crippen LogP contribution in [0.1, 0.15) is 26.6 Å². The molecule has 0 fully saturated rings. The molecule has 5 heteroatoms. The molecule has 0 unspecified atom stereocenters. The van der Waals surface area contributed by atoms with E-state index in [4.69, 9.17) is 5.73 Å². The fourth-order valence-corrected chi connectivity index (χ4v) is 2.35.